The standard InChI is InChI=1S/C29H41ClN4O4/c1-28(2,3)38-27(37)32-14-9-20(10-15-32)21-17-24(30)25(31-18-21)33-13-4-11-29(19-33)12-16-34(26(29)36)22-5-7-23(35)8-6-22/h9,17-18,22-23,35H,4-8,10-16,19H2,1-3H3/t22?,23?,29-/m0/s1. The first-order valence-corrected chi connectivity index (χ1v) is 14.5. The summed E-state index contributed by atoms with van der Waals surface area (Å²) in [6.07, 6.45) is 10.2. The van der Waals surface area contributed by atoms with Gasteiger partial charge < -0.3 is 24.5 Å². The van der Waals surface area contributed by atoms with Crippen molar-refractivity contribution in [2.75, 3.05) is 37.6 Å². The quantitative estimate of drug-likeness (QED) is 0.583. The lowest BCUT2D eigenvalue weighted by atomic mass is 9.78. The number of carbonyl (C=O) groups excluding carboxylic acids is 2. The molecule has 0 radical (unpaired) electrons. The molecule has 8 nitrogen and oxygen atoms in total. The van der Waals surface area contributed by atoms with Crippen molar-refractivity contribution in [1.29, 1.82) is 0 Å². The maximum atomic E-state index is 13.7. The zero-order chi connectivity index (χ0) is 27.1. The molecule has 0 aromatic carbocycles. The smallest absolute Gasteiger partial charge is 0.410 e. The van der Waals surface area contributed by atoms with Gasteiger partial charge in [-0.3, -0.25) is 4.79 Å². The zero-order valence-corrected chi connectivity index (χ0v) is 23.7. The molecule has 3 fully saturated rings. The van der Waals surface area contributed by atoms with Crippen molar-refractivity contribution in [2.45, 2.75) is 89.9 Å². The van der Waals surface area contributed by atoms with E-state index in [9.17, 15) is 14.7 Å². The summed E-state index contributed by atoms with van der Waals surface area (Å²) in [6, 6.07) is 2.23. The van der Waals surface area contributed by atoms with Crippen LogP contribution in [0.5, 0.6) is 0 Å². The van der Waals surface area contributed by atoms with Gasteiger partial charge in [-0.1, -0.05) is 17.7 Å². The predicted molar refractivity (Wildman–Crippen MR) is 148 cm³/mol. The molecule has 38 heavy (non-hydrogen) atoms. The molecule has 4 aliphatic rings. The largest absolute Gasteiger partial charge is 0.444 e. The molecule has 0 bridgehead atoms. The molecule has 1 aliphatic carbocycles. The van der Waals surface area contributed by atoms with E-state index in [0.717, 1.165) is 75.0 Å². The van der Waals surface area contributed by atoms with Crippen LogP contribution < -0.4 is 4.90 Å². The van der Waals surface area contributed by atoms with Gasteiger partial charge >= 0.3 is 6.09 Å². The first kappa shape index (κ1) is 27.3. The van der Waals surface area contributed by atoms with Crippen molar-refractivity contribution in [3.63, 3.8) is 0 Å². The molecule has 1 aromatic heterocycles. The fourth-order valence-corrected chi connectivity index (χ4v) is 6.81. The van der Waals surface area contributed by atoms with Gasteiger partial charge in [0.2, 0.25) is 5.91 Å². The van der Waals surface area contributed by atoms with E-state index in [-0.39, 0.29) is 29.6 Å². The maximum Gasteiger partial charge on any atom is 0.410 e. The lowest BCUT2D eigenvalue weighted by molar-refractivity contribution is -0.139. The van der Waals surface area contributed by atoms with Crippen LogP contribution in [0.25, 0.3) is 5.57 Å². The lowest BCUT2D eigenvalue weighted by Gasteiger charge is -2.41. The van der Waals surface area contributed by atoms with Crippen molar-refractivity contribution < 1.29 is 19.4 Å². The summed E-state index contributed by atoms with van der Waals surface area (Å²) in [4.78, 5) is 36.8. The van der Waals surface area contributed by atoms with Crippen LogP contribution >= 0.6 is 11.6 Å². The highest BCUT2D eigenvalue weighted by molar-refractivity contribution is 6.33. The number of likely N-dealkylation sites (tertiary alicyclic amines) is 1. The highest BCUT2D eigenvalue weighted by Gasteiger charge is 2.51. The third-order valence-corrected chi connectivity index (χ3v) is 8.86. The van der Waals surface area contributed by atoms with Gasteiger partial charge in [0.15, 0.2) is 0 Å². The van der Waals surface area contributed by atoms with Gasteiger partial charge in [-0.25, -0.2) is 9.78 Å². The van der Waals surface area contributed by atoms with Crippen molar-refractivity contribution >= 4 is 35.0 Å². The number of aromatic nitrogens is 1. The van der Waals surface area contributed by atoms with Crippen molar-refractivity contribution in [3.05, 3.63) is 28.9 Å². The van der Waals surface area contributed by atoms with Gasteiger partial charge in [-0.2, -0.15) is 0 Å². The number of hydrogen-bond donors (Lipinski definition) is 1. The molecule has 1 atom stereocenters. The molecule has 5 rings (SSSR count). The van der Waals surface area contributed by atoms with Gasteiger partial charge in [0.05, 0.1) is 16.5 Å². The topological polar surface area (TPSA) is 86.2 Å². The third kappa shape index (κ3) is 5.67. The van der Waals surface area contributed by atoms with Crippen LogP contribution in [-0.4, -0.2) is 82.4 Å². The van der Waals surface area contributed by atoms with E-state index in [1.165, 1.54) is 0 Å². The number of carbonyl (C=O) groups is 2. The summed E-state index contributed by atoms with van der Waals surface area (Å²) in [5.41, 5.74) is 1.22. The average molecular weight is 545 g/mol. The fraction of sp³-hybridized carbons (Fsp3) is 0.690. The number of ether oxygens (including phenoxy) is 1. The third-order valence-electron chi connectivity index (χ3n) is 8.58. The number of rotatable bonds is 3. The van der Waals surface area contributed by atoms with Crippen LogP contribution in [0.3, 0.4) is 0 Å². The Kier molecular flexibility index (Phi) is 7.66. The number of amides is 2. The minimum absolute atomic E-state index is 0.215. The Bertz CT molecular complexity index is 1090. The van der Waals surface area contributed by atoms with E-state index in [4.69, 9.17) is 21.3 Å². The monoisotopic (exact) mass is 544 g/mol. The minimum Gasteiger partial charge on any atom is -0.444 e. The van der Waals surface area contributed by atoms with E-state index in [0.29, 0.717) is 31.1 Å². The first-order chi connectivity index (χ1) is 18.0. The van der Waals surface area contributed by atoms with Crippen molar-refractivity contribution in [2.24, 2.45) is 5.41 Å². The highest BCUT2D eigenvalue weighted by atomic mass is 35.5. The Labute approximate surface area is 231 Å². The summed E-state index contributed by atoms with van der Waals surface area (Å²) in [7, 11) is 0. The molecular weight excluding hydrogens is 504 g/mol. The molecule has 1 N–H and O–H groups in total. The molecule has 1 saturated carbocycles. The summed E-state index contributed by atoms with van der Waals surface area (Å²) < 4.78 is 5.49. The number of piperidine rings is 1. The molecule has 1 aromatic rings. The SMILES string of the molecule is CC(C)(C)OC(=O)N1CC=C(c2cnc(N3CCC[C@]4(CCN(C5CCC(O)CC5)C4=O)C3)c(Cl)c2)CC1. The fourth-order valence-electron chi connectivity index (χ4n) is 6.52. The Morgan fingerprint density at radius 1 is 1.16 bits per heavy atom. The second-order valence-electron chi connectivity index (χ2n) is 12.5. The lowest BCUT2D eigenvalue weighted by Crippen LogP contribution is -2.50. The number of halogens is 1. The Morgan fingerprint density at radius 3 is 2.58 bits per heavy atom. The molecule has 1 spiro atoms. The Morgan fingerprint density at radius 2 is 1.92 bits per heavy atom. The molecule has 0 unspecified atom stereocenters. The first-order valence-electron chi connectivity index (χ1n) is 14.1. The number of hydrogen-bond acceptors (Lipinski definition) is 6. The van der Waals surface area contributed by atoms with Crippen LogP contribution in [-0.2, 0) is 9.53 Å². The molecule has 2 amide bonds. The Hall–Kier alpha value is -2.32. The summed E-state index contributed by atoms with van der Waals surface area (Å²) in [6.45, 7) is 9.00. The number of pyridine rings is 1. The van der Waals surface area contributed by atoms with Crippen LogP contribution in [0, 0.1) is 5.41 Å². The van der Waals surface area contributed by atoms with E-state index in [2.05, 4.69) is 9.80 Å². The molecule has 3 aliphatic heterocycles. The van der Waals surface area contributed by atoms with Crippen molar-refractivity contribution in [1.82, 2.24) is 14.8 Å². The van der Waals surface area contributed by atoms with Crippen LogP contribution in [0.15, 0.2) is 18.3 Å². The van der Waals surface area contributed by atoms with Crippen LogP contribution in [0.2, 0.25) is 5.02 Å². The van der Waals surface area contributed by atoms with E-state index < -0.39 is 5.60 Å². The number of anilines is 1. The summed E-state index contributed by atoms with van der Waals surface area (Å²) in [5, 5.41) is 10.5. The van der Waals surface area contributed by atoms with E-state index in [1.807, 2.05) is 39.1 Å². The van der Waals surface area contributed by atoms with Crippen LogP contribution in [0.1, 0.15) is 77.7 Å². The minimum atomic E-state index is -0.512. The molecule has 4 heterocycles. The predicted octanol–water partition coefficient (Wildman–Crippen LogP) is 4.88. The molecule has 208 valence electrons. The van der Waals surface area contributed by atoms with Gasteiger partial charge in [0.25, 0.3) is 0 Å². The highest BCUT2D eigenvalue weighted by Crippen LogP contribution is 2.44. The number of nitrogens with zero attached hydrogens (tertiary/aromatic N) is 4. The molecule has 2 saturated heterocycles. The normalized spacial score (nSPS) is 28.6. The van der Waals surface area contributed by atoms with E-state index in [1.54, 1.807) is 4.90 Å². The maximum absolute atomic E-state index is 13.7. The number of aliphatic hydroxyl groups is 1. The van der Waals surface area contributed by atoms with Gasteiger partial charge in [0, 0.05) is 45.0 Å². The second-order valence-corrected chi connectivity index (χ2v) is 12.9. The molecule has 9 heteroatoms. The van der Waals surface area contributed by atoms with Gasteiger partial charge in [0.1, 0.15) is 11.4 Å². The Balaban J connectivity index is 1.24. The van der Waals surface area contributed by atoms with E-state index >= 15 is 0 Å². The summed E-state index contributed by atoms with van der Waals surface area (Å²) in [5.74, 6) is 1.02. The second kappa shape index (κ2) is 10.7. The zero-order valence-electron chi connectivity index (χ0n) is 22.9. The van der Waals surface area contributed by atoms with Gasteiger partial charge in [-0.05, 0) is 89.3 Å². The van der Waals surface area contributed by atoms with Crippen molar-refractivity contribution in [3.8, 4) is 0 Å². The van der Waals surface area contributed by atoms with Crippen LogP contribution in [0.4, 0.5) is 10.6 Å². The van der Waals surface area contributed by atoms with Gasteiger partial charge in [-0.15, -0.1) is 0 Å². The average Bonchev–Trinajstić information content (AvgIpc) is 3.18. The molecular formula is C29H41ClN4O4. The summed E-state index contributed by atoms with van der Waals surface area (Å²) >= 11 is 6.79. The number of aliphatic hydroxyl groups excluding tert-OH is 1.